The number of ether oxygens (including phenoxy) is 2. The summed E-state index contributed by atoms with van der Waals surface area (Å²) in [7, 11) is 0. The summed E-state index contributed by atoms with van der Waals surface area (Å²) in [6.07, 6.45) is -0.0412. The molecule has 2 unspecified atom stereocenters. The summed E-state index contributed by atoms with van der Waals surface area (Å²) in [6, 6.07) is 0. The van der Waals surface area contributed by atoms with E-state index in [0.717, 1.165) is 11.8 Å². The Morgan fingerprint density at radius 3 is 2.60 bits per heavy atom. The number of aromatic nitrogens is 2. The number of carbonyl (C=O) groups excluding carboxylic acids is 2. The van der Waals surface area contributed by atoms with Gasteiger partial charge in [0.05, 0.1) is 24.6 Å². The van der Waals surface area contributed by atoms with E-state index in [2.05, 4.69) is 9.97 Å². The van der Waals surface area contributed by atoms with Gasteiger partial charge in [-0.1, -0.05) is 11.8 Å². The highest BCUT2D eigenvalue weighted by atomic mass is 32.2. The third kappa shape index (κ3) is 5.05. The van der Waals surface area contributed by atoms with E-state index in [9.17, 15) is 14.4 Å². The lowest BCUT2D eigenvalue weighted by molar-refractivity contribution is -0.140. The van der Waals surface area contributed by atoms with E-state index in [0.29, 0.717) is 18.8 Å². The second-order valence-electron chi connectivity index (χ2n) is 5.91. The van der Waals surface area contributed by atoms with Crippen LogP contribution in [0.4, 0.5) is 0 Å². The molecular weight excluding hydrogens is 346 g/mol. The summed E-state index contributed by atoms with van der Waals surface area (Å²) in [4.78, 5) is 44.3. The maximum absolute atomic E-state index is 12.5. The number of esters is 1. The monoisotopic (exact) mass is 369 g/mol. The van der Waals surface area contributed by atoms with Crippen LogP contribution in [0.1, 0.15) is 36.8 Å². The number of hydrogen-bond donors (Lipinski definition) is 1. The Morgan fingerprint density at radius 1 is 1.36 bits per heavy atom. The summed E-state index contributed by atoms with van der Waals surface area (Å²) in [5, 5.41) is 0.211. The molecule has 0 aliphatic carbocycles. The number of morpholine rings is 1. The van der Waals surface area contributed by atoms with Gasteiger partial charge in [-0.05, 0) is 27.7 Å². The predicted octanol–water partition coefficient (Wildman–Crippen LogP) is 0.983. The molecule has 1 fully saturated rings. The number of nitrogens with zero attached hydrogens (tertiary/aromatic N) is 2. The zero-order chi connectivity index (χ0) is 18.6. The van der Waals surface area contributed by atoms with E-state index < -0.39 is 11.7 Å². The van der Waals surface area contributed by atoms with Crippen molar-refractivity contribution < 1.29 is 19.1 Å². The van der Waals surface area contributed by atoms with Crippen molar-refractivity contribution in [1.82, 2.24) is 14.9 Å². The molecule has 1 aromatic rings. The zero-order valence-corrected chi connectivity index (χ0v) is 15.6. The van der Waals surface area contributed by atoms with Crippen LogP contribution in [-0.4, -0.2) is 64.4 Å². The topological polar surface area (TPSA) is 102 Å². The Hall–Kier alpha value is -1.87. The molecule has 0 saturated carbocycles. The highest BCUT2D eigenvalue weighted by molar-refractivity contribution is 8.00. The second-order valence-corrected chi connectivity index (χ2v) is 6.88. The highest BCUT2D eigenvalue weighted by Crippen LogP contribution is 2.23. The Labute approximate surface area is 150 Å². The van der Waals surface area contributed by atoms with Gasteiger partial charge in [-0.15, -0.1) is 0 Å². The number of nitrogens with one attached hydrogen (secondary N) is 1. The van der Waals surface area contributed by atoms with Gasteiger partial charge in [0.15, 0.2) is 0 Å². The summed E-state index contributed by atoms with van der Waals surface area (Å²) < 4.78 is 10.6. The van der Waals surface area contributed by atoms with E-state index in [1.807, 2.05) is 13.8 Å². The number of rotatable bonds is 5. The van der Waals surface area contributed by atoms with Crippen LogP contribution in [0, 0.1) is 6.92 Å². The van der Waals surface area contributed by atoms with Crippen molar-refractivity contribution in [3.8, 4) is 0 Å². The minimum absolute atomic E-state index is 0.0206. The standard InChI is InChI=1S/C16H23N3O5S/c1-5-23-15(21)13-11(4)17-16(22)18-14(13)25-8-12(20)19-6-9(2)24-10(3)7-19/h9-10H,5-8H2,1-4H3,(H,17,18,22). The zero-order valence-electron chi connectivity index (χ0n) is 14.8. The molecule has 0 aromatic carbocycles. The van der Waals surface area contributed by atoms with Gasteiger partial charge in [-0.2, -0.15) is 4.98 Å². The van der Waals surface area contributed by atoms with E-state index in [-0.39, 0.29) is 41.1 Å². The summed E-state index contributed by atoms with van der Waals surface area (Å²) in [6.45, 7) is 8.40. The van der Waals surface area contributed by atoms with E-state index in [1.54, 1.807) is 18.7 Å². The lowest BCUT2D eigenvalue weighted by atomic mass is 10.2. The molecule has 25 heavy (non-hydrogen) atoms. The van der Waals surface area contributed by atoms with Gasteiger partial charge in [-0.3, -0.25) is 4.79 Å². The van der Waals surface area contributed by atoms with Crippen molar-refractivity contribution in [3.05, 3.63) is 21.7 Å². The number of carbonyl (C=O) groups is 2. The van der Waals surface area contributed by atoms with Crippen molar-refractivity contribution in [2.75, 3.05) is 25.4 Å². The smallest absolute Gasteiger partial charge is 0.346 e. The SMILES string of the molecule is CCOC(=O)c1c(SCC(=O)N2CC(C)OC(C)C2)nc(=O)[nH]c1C. The molecule has 2 atom stereocenters. The molecule has 138 valence electrons. The molecule has 8 nitrogen and oxygen atoms in total. The summed E-state index contributed by atoms with van der Waals surface area (Å²) in [5.74, 6) is -0.560. The van der Waals surface area contributed by atoms with Crippen molar-refractivity contribution in [1.29, 1.82) is 0 Å². The maximum Gasteiger partial charge on any atom is 0.346 e. The van der Waals surface area contributed by atoms with Gasteiger partial charge < -0.3 is 19.4 Å². The molecule has 1 N–H and O–H groups in total. The maximum atomic E-state index is 12.5. The summed E-state index contributed by atoms with van der Waals surface area (Å²) in [5.41, 5.74) is 0.0130. The Balaban J connectivity index is 2.13. The van der Waals surface area contributed by atoms with Gasteiger partial charge in [0.1, 0.15) is 10.6 Å². The van der Waals surface area contributed by atoms with Crippen LogP contribution in [0.3, 0.4) is 0 Å². The highest BCUT2D eigenvalue weighted by Gasteiger charge is 2.27. The first-order chi connectivity index (χ1) is 11.8. The predicted molar refractivity (Wildman–Crippen MR) is 92.9 cm³/mol. The molecule has 1 aliphatic rings. The molecule has 1 aromatic heterocycles. The third-order valence-electron chi connectivity index (χ3n) is 3.67. The molecule has 0 spiro atoms. The van der Waals surface area contributed by atoms with Crippen LogP contribution in [-0.2, 0) is 14.3 Å². The number of hydrogen-bond acceptors (Lipinski definition) is 7. The van der Waals surface area contributed by atoms with Crippen LogP contribution >= 0.6 is 11.8 Å². The minimum atomic E-state index is -0.563. The Kier molecular flexibility index (Phi) is 6.60. The molecule has 9 heteroatoms. The van der Waals surface area contributed by atoms with Gasteiger partial charge in [-0.25, -0.2) is 9.59 Å². The van der Waals surface area contributed by atoms with Crippen molar-refractivity contribution in [2.24, 2.45) is 0 Å². The fourth-order valence-corrected chi connectivity index (χ4v) is 3.68. The van der Waals surface area contributed by atoms with E-state index in [4.69, 9.17) is 9.47 Å². The van der Waals surface area contributed by atoms with Crippen LogP contribution in [0.15, 0.2) is 9.82 Å². The average molecular weight is 369 g/mol. The van der Waals surface area contributed by atoms with Crippen molar-refractivity contribution in [2.45, 2.75) is 44.9 Å². The first kappa shape index (κ1) is 19.5. The third-order valence-corrected chi connectivity index (χ3v) is 4.63. The van der Waals surface area contributed by atoms with Gasteiger partial charge in [0.25, 0.3) is 0 Å². The van der Waals surface area contributed by atoms with Gasteiger partial charge in [0.2, 0.25) is 5.91 Å². The summed E-state index contributed by atoms with van der Waals surface area (Å²) >= 11 is 1.07. The van der Waals surface area contributed by atoms with Crippen molar-refractivity contribution in [3.63, 3.8) is 0 Å². The van der Waals surface area contributed by atoms with Crippen LogP contribution in [0.5, 0.6) is 0 Å². The number of aryl methyl sites for hydroxylation is 1. The average Bonchev–Trinajstić information content (AvgIpc) is 2.51. The van der Waals surface area contributed by atoms with Crippen molar-refractivity contribution >= 4 is 23.6 Å². The van der Waals surface area contributed by atoms with Crippen LogP contribution in [0.25, 0.3) is 0 Å². The molecule has 2 heterocycles. The molecule has 1 saturated heterocycles. The normalized spacial score (nSPS) is 20.4. The Bertz CT molecular complexity index is 696. The van der Waals surface area contributed by atoms with E-state index >= 15 is 0 Å². The minimum Gasteiger partial charge on any atom is -0.462 e. The molecular formula is C16H23N3O5S. The largest absolute Gasteiger partial charge is 0.462 e. The first-order valence-corrected chi connectivity index (χ1v) is 9.14. The lowest BCUT2D eigenvalue weighted by Gasteiger charge is -2.35. The number of H-pyrrole nitrogens is 1. The fraction of sp³-hybridized carbons (Fsp3) is 0.625. The van der Waals surface area contributed by atoms with Crippen LogP contribution in [0.2, 0.25) is 0 Å². The van der Waals surface area contributed by atoms with Gasteiger partial charge in [0, 0.05) is 18.8 Å². The van der Waals surface area contributed by atoms with Gasteiger partial charge >= 0.3 is 11.7 Å². The molecule has 2 rings (SSSR count). The second kappa shape index (κ2) is 8.48. The number of aromatic amines is 1. The van der Waals surface area contributed by atoms with E-state index in [1.165, 1.54) is 0 Å². The molecule has 0 bridgehead atoms. The molecule has 0 radical (unpaired) electrons. The first-order valence-electron chi connectivity index (χ1n) is 8.15. The number of amides is 1. The molecule has 1 aliphatic heterocycles. The number of thioether (sulfide) groups is 1. The lowest BCUT2D eigenvalue weighted by Crippen LogP contribution is -2.48. The van der Waals surface area contributed by atoms with Crippen LogP contribution < -0.4 is 5.69 Å². The molecule has 1 amide bonds. The Morgan fingerprint density at radius 2 is 2.00 bits per heavy atom. The fourth-order valence-electron chi connectivity index (χ4n) is 2.71. The quantitative estimate of drug-likeness (QED) is 0.469.